The molecule has 0 bridgehead atoms. The minimum Gasteiger partial charge on any atom is -0.370 e. The van der Waals surface area contributed by atoms with E-state index in [2.05, 4.69) is 15.4 Å². The van der Waals surface area contributed by atoms with Gasteiger partial charge in [-0.05, 0) is 6.92 Å². The number of carbonyl (C=O) groups is 1. The number of benzene rings is 1. The van der Waals surface area contributed by atoms with E-state index >= 15 is 0 Å². The van der Waals surface area contributed by atoms with Crippen LogP contribution in [0.2, 0.25) is 0 Å². The lowest BCUT2D eigenvalue weighted by molar-refractivity contribution is -0.118. The first-order valence-electron chi connectivity index (χ1n) is 8.01. The molecule has 0 aliphatic carbocycles. The number of hydrogen-bond acceptors (Lipinski definition) is 6. The Morgan fingerprint density at radius 3 is 2.80 bits per heavy atom. The second-order valence-electron chi connectivity index (χ2n) is 5.45. The van der Waals surface area contributed by atoms with Crippen molar-refractivity contribution in [2.45, 2.75) is 37.2 Å². The molecule has 7 nitrogen and oxygen atoms in total. The molecule has 2 N–H and O–H groups in total. The van der Waals surface area contributed by atoms with Gasteiger partial charge in [-0.2, -0.15) is 0 Å². The van der Waals surface area contributed by atoms with Gasteiger partial charge in [0.15, 0.2) is 10.9 Å². The van der Waals surface area contributed by atoms with Crippen LogP contribution in [0, 0.1) is 0 Å². The van der Waals surface area contributed by atoms with Crippen molar-refractivity contribution in [3.8, 4) is 11.3 Å². The fourth-order valence-corrected chi connectivity index (χ4v) is 3.32. The molecule has 130 valence electrons. The van der Waals surface area contributed by atoms with Crippen LogP contribution in [0.15, 0.2) is 46.1 Å². The standard InChI is InChI=1S/C17H19N5O2S/c1-2-22-16(9-8-15(18)23)19-20-17(22)25-11-13-10-14(24-21-13)12-6-4-3-5-7-12/h3-7,10H,2,8-9,11H2,1H3,(H2,18,23). The van der Waals surface area contributed by atoms with Crippen molar-refractivity contribution in [1.29, 1.82) is 0 Å². The van der Waals surface area contributed by atoms with Crippen molar-refractivity contribution in [2.24, 2.45) is 5.73 Å². The maximum absolute atomic E-state index is 10.9. The van der Waals surface area contributed by atoms with E-state index < -0.39 is 0 Å². The van der Waals surface area contributed by atoms with Crippen molar-refractivity contribution < 1.29 is 9.32 Å². The van der Waals surface area contributed by atoms with Gasteiger partial charge in [0.05, 0.1) is 5.69 Å². The summed E-state index contributed by atoms with van der Waals surface area (Å²) in [6.07, 6.45) is 0.769. The molecule has 0 aliphatic rings. The summed E-state index contributed by atoms with van der Waals surface area (Å²) in [5.41, 5.74) is 7.04. The zero-order valence-electron chi connectivity index (χ0n) is 13.9. The topological polar surface area (TPSA) is 99.8 Å². The molecule has 8 heteroatoms. The maximum Gasteiger partial charge on any atom is 0.217 e. The Morgan fingerprint density at radius 1 is 1.28 bits per heavy atom. The molecule has 0 spiro atoms. The maximum atomic E-state index is 10.9. The van der Waals surface area contributed by atoms with Gasteiger partial charge < -0.3 is 14.8 Å². The van der Waals surface area contributed by atoms with Crippen LogP contribution in [-0.2, 0) is 23.5 Å². The van der Waals surface area contributed by atoms with Crippen LogP contribution in [0.5, 0.6) is 0 Å². The van der Waals surface area contributed by atoms with E-state index in [0.29, 0.717) is 12.2 Å². The molecule has 0 saturated heterocycles. The molecule has 0 saturated carbocycles. The van der Waals surface area contributed by atoms with E-state index in [9.17, 15) is 4.79 Å². The number of rotatable bonds is 8. The van der Waals surface area contributed by atoms with Crippen LogP contribution in [0.1, 0.15) is 24.9 Å². The molecular weight excluding hydrogens is 338 g/mol. The molecule has 0 atom stereocenters. The number of thioether (sulfide) groups is 1. The fourth-order valence-electron chi connectivity index (χ4n) is 2.42. The lowest BCUT2D eigenvalue weighted by Crippen LogP contribution is -2.13. The van der Waals surface area contributed by atoms with Crippen molar-refractivity contribution in [3.63, 3.8) is 0 Å². The first-order chi connectivity index (χ1) is 12.2. The minimum absolute atomic E-state index is 0.270. The van der Waals surface area contributed by atoms with Gasteiger partial charge in [0.2, 0.25) is 5.91 Å². The van der Waals surface area contributed by atoms with E-state index in [1.807, 2.05) is 47.9 Å². The van der Waals surface area contributed by atoms with Crippen LogP contribution < -0.4 is 5.73 Å². The number of carbonyl (C=O) groups excluding carboxylic acids is 1. The molecule has 3 aromatic rings. The predicted molar refractivity (Wildman–Crippen MR) is 94.7 cm³/mol. The van der Waals surface area contributed by atoms with E-state index in [1.165, 1.54) is 11.8 Å². The third kappa shape index (κ3) is 4.27. The molecule has 0 unspecified atom stereocenters. The number of amides is 1. The summed E-state index contributed by atoms with van der Waals surface area (Å²) in [6, 6.07) is 11.8. The van der Waals surface area contributed by atoms with Crippen molar-refractivity contribution >= 4 is 17.7 Å². The SMILES string of the molecule is CCn1c(CCC(N)=O)nnc1SCc1cc(-c2ccccc2)on1. The largest absolute Gasteiger partial charge is 0.370 e. The molecular formula is C17H19N5O2S. The highest BCUT2D eigenvalue weighted by atomic mass is 32.2. The Morgan fingerprint density at radius 2 is 2.08 bits per heavy atom. The van der Waals surface area contributed by atoms with Crippen LogP contribution in [0.3, 0.4) is 0 Å². The highest BCUT2D eigenvalue weighted by Crippen LogP contribution is 2.25. The Labute approximate surface area is 149 Å². The van der Waals surface area contributed by atoms with Gasteiger partial charge in [-0.25, -0.2) is 0 Å². The molecule has 2 heterocycles. The first-order valence-corrected chi connectivity index (χ1v) is 9.00. The minimum atomic E-state index is -0.337. The number of aryl methyl sites for hydroxylation is 1. The fraction of sp³-hybridized carbons (Fsp3) is 0.294. The van der Waals surface area contributed by atoms with Gasteiger partial charge in [0.1, 0.15) is 5.82 Å². The Balaban J connectivity index is 1.66. The highest BCUT2D eigenvalue weighted by molar-refractivity contribution is 7.98. The Kier molecular flexibility index (Phi) is 5.49. The smallest absolute Gasteiger partial charge is 0.217 e. The summed E-state index contributed by atoms with van der Waals surface area (Å²) >= 11 is 1.54. The summed E-state index contributed by atoms with van der Waals surface area (Å²) in [6.45, 7) is 2.75. The van der Waals surface area contributed by atoms with Crippen LogP contribution in [0.25, 0.3) is 11.3 Å². The van der Waals surface area contributed by atoms with Crippen LogP contribution in [0.4, 0.5) is 0 Å². The summed E-state index contributed by atoms with van der Waals surface area (Å²) in [5, 5.41) is 13.3. The molecule has 25 heavy (non-hydrogen) atoms. The molecule has 0 fully saturated rings. The van der Waals surface area contributed by atoms with Crippen LogP contribution in [-0.4, -0.2) is 25.8 Å². The zero-order chi connectivity index (χ0) is 17.6. The van der Waals surface area contributed by atoms with E-state index in [0.717, 1.165) is 34.5 Å². The molecule has 2 aromatic heterocycles. The number of nitrogens with two attached hydrogens (primary N) is 1. The molecule has 0 aliphatic heterocycles. The molecule has 1 amide bonds. The van der Waals surface area contributed by atoms with Crippen molar-refractivity contribution in [3.05, 3.63) is 47.9 Å². The average molecular weight is 357 g/mol. The Bertz CT molecular complexity index is 844. The summed E-state index contributed by atoms with van der Waals surface area (Å²) in [7, 11) is 0. The van der Waals surface area contributed by atoms with Crippen LogP contribution >= 0.6 is 11.8 Å². The monoisotopic (exact) mass is 357 g/mol. The van der Waals surface area contributed by atoms with E-state index in [1.54, 1.807) is 0 Å². The predicted octanol–water partition coefficient (Wildman–Crippen LogP) is 2.66. The first kappa shape index (κ1) is 17.2. The highest BCUT2D eigenvalue weighted by Gasteiger charge is 2.14. The van der Waals surface area contributed by atoms with Gasteiger partial charge in [0, 0.05) is 36.8 Å². The van der Waals surface area contributed by atoms with E-state index in [-0.39, 0.29) is 12.3 Å². The number of primary amides is 1. The number of nitrogens with zero attached hydrogens (tertiary/aromatic N) is 4. The lowest BCUT2D eigenvalue weighted by Gasteiger charge is -2.05. The van der Waals surface area contributed by atoms with Crippen molar-refractivity contribution in [1.82, 2.24) is 19.9 Å². The summed E-state index contributed by atoms with van der Waals surface area (Å²) < 4.78 is 7.40. The van der Waals surface area contributed by atoms with Gasteiger partial charge in [-0.1, -0.05) is 47.3 Å². The van der Waals surface area contributed by atoms with Crippen molar-refractivity contribution in [2.75, 3.05) is 0 Å². The van der Waals surface area contributed by atoms with Gasteiger partial charge in [-0.15, -0.1) is 10.2 Å². The molecule has 1 aromatic carbocycles. The average Bonchev–Trinajstić information content (AvgIpc) is 3.25. The normalized spacial score (nSPS) is 10.9. The number of hydrogen-bond donors (Lipinski definition) is 1. The molecule has 0 radical (unpaired) electrons. The lowest BCUT2D eigenvalue weighted by atomic mass is 10.2. The summed E-state index contributed by atoms with van der Waals surface area (Å²) in [4.78, 5) is 10.9. The quantitative estimate of drug-likeness (QED) is 0.622. The third-order valence-electron chi connectivity index (χ3n) is 3.67. The zero-order valence-corrected chi connectivity index (χ0v) is 14.7. The summed E-state index contributed by atoms with van der Waals surface area (Å²) in [5.74, 6) is 1.81. The van der Waals surface area contributed by atoms with Gasteiger partial charge >= 0.3 is 0 Å². The number of aromatic nitrogens is 4. The van der Waals surface area contributed by atoms with E-state index in [4.69, 9.17) is 10.3 Å². The second kappa shape index (κ2) is 7.98. The third-order valence-corrected chi connectivity index (χ3v) is 4.67. The molecule has 3 rings (SSSR count). The second-order valence-corrected chi connectivity index (χ2v) is 6.39. The van der Waals surface area contributed by atoms with Gasteiger partial charge in [0.25, 0.3) is 0 Å². The Hall–Kier alpha value is -2.61. The van der Waals surface area contributed by atoms with Gasteiger partial charge in [-0.3, -0.25) is 4.79 Å².